The number of carbonyl (C=O) groups is 1. The van der Waals surface area contributed by atoms with Crippen LogP contribution >= 0.6 is 0 Å². The van der Waals surface area contributed by atoms with Gasteiger partial charge in [-0.2, -0.15) is 5.10 Å². The maximum absolute atomic E-state index is 13.6. The zero-order chi connectivity index (χ0) is 15.9. The second kappa shape index (κ2) is 5.16. The summed E-state index contributed by atoms with van der Waals surface area (Å²) < 4.78 is 28.6. The van der Waals surface area contributed by atoms with Crippen LogP contribution in [-0.2, 0) is 0 Å². The number of hydrogen-bond donors (Lipinski definition) is 3. The van der Waals surface area contributed by atoms with Crippen LogP contribution in [0.15, 0.2) is 18.5 Å². The van der Waals surface area contributed by atoms with Crippen LogP contribution < -0.4 is 11.1 Å². The molecule has 3 rings (SSSR count). The number of nitrogens with zero attached hydrogens (tertiary/aromatic N) is 3. The Bertz CT molecular complexity index is 718. The maximum atomic E-state index is 13.6. The van der Waals surface area contributed by atoms with Crippen molar-refractivity contribution in [3.05, 3.63) is 24.0 Å². The van der Waals surface area contributed by atoms with Crippen molar-refractivity contribution >= 4 is 17.4 Å². The predicted octanol–water partition coefficient (Wildman–Crippen LogP) is 1.35. The van der Waals surface area contributed by atoms with Crippen molar-refractivity contribution in [2.45, 2.75) is 37.3 Å². The average molecular weight is 311 g/mol. The molecule has 0 saturated heterocycles. The van der Waals surface area contributed by atoms with Crippen LogP contribution in [0.25, 0.3) is 5.65 Å². The summed E-state index contributed by atoms with van der Waals surface area (Å²) in [6.45, 7) is 0. The number of rotatable bonds is 3. The lowest BCUT2D eigenvalue weighted by Gasteiger charge is -2.36. The van der Waals surface area contributed by atoms with Crippen molar-refractivity contribution in [1.29, 1.82) is 0 Å². The first-order chi connectivity index (χ1) is 10.4. The van der Waals surface area contributed by atoms with Crippen LogP contribution in [0.3, 0.4) is 0 Å². The Kier molecular flexibility index (Phi) is 3.44. The van der Waals surface area contributed by atoms with E-state index in [1.54, 1.807) is 6.07 Å². The molecule has 9 heteroatoms. The SMILES string of the molecule is N[C@@H]1[C@H](Nc2ccn3ncc(C(=O)O)c3n2)CCCC1(F)F. The molecule has 22 heavy (non-hydrogen) atoms. The van der Waals surface area contributed by atoms with Gasteiger partial charge in [0.15, 0.2) is 5.65 Å². The van der Waals surface area contributed by atoms with E-state index in [9.17, 15) is 13.6 Å². The summed E-state index contributed by atoms with van der Waals surface area (Å²) in [5.74, 6) is -3.77. The maximum Gasteiger partial charge on any atom is 0.341 e. The van der Waals surface area contributed by atoms with Gasteiger partial charge in [0, 0.05) is 18.7 Å². The van der Waals surface area contributed by atoms with Gasteiger partial charge in [0.2, 0.25) is 0 Å². The summed E-state index contributed by atoms with van der Waals surface area (Å²) in [6.07, 6.45) is 3.37. The molecule has 0 bridgehead atoms. The van der Waals surface area contributed by atoms with Crippen molar-refractivity contribution in [1.82, 2.24) is 14.6 Å². The van der Waals surface area contributed by atoms with Crippen LogP contribution in [0.1, 0.15) is 29.6 Å². The molecule has 1 saturated carbocycles. The Morgan fingerprint density at radius 1 is 1.55 bits per heavy atom. The number of alkyl halides is 2. The monoisotopic (exact) mass is 311 g/mol. The zero-order valence-electron chi connectivity index (χ0n) is 11.5. The lowest BCUT2D eigenvalue weighted by Crippen LogP contribution is -2.55. The van der Waals surface area contributed by atoms with E-state index in [1.807, 2.05) is 0 Å². The van der Waals surface area contributed by atoms with Gasteiger partial charge in [0.25, 0.3) is 5.92 Å². The fourth-order valence-electron chi connectivity index (χ4n) is 2.65. The van der Waals surface area contributed by atoms with E-state index < -0.39 is 24.0 Å². The first-order valence-corrected chi connectivity index (χ1v) is 6.86. The largest absolute Gasteiger partial charge is 0.477 e. The minimum absolute atomic E-state index is 0.0538. The van der Waals surface area contributed by atoms with Gasteiger partial charge in [0.05, 0.1) is 12.2 Å². The van der Waals surface area contributed by atoms with E-state index in [0.717, 1.165) is 0 Å². The number of nitrogens with two attached hydrogens (primary N) is 1. The van der Waals surface area contributed by atoms with Gasteiger partial charge in [-0.1, -0.05) is 0 Å². The van der Waals surface area contributed by atoms with E-state index in [-0.39, 0.29) is 17.6 Å². The summed E-state index contributed by atoms with van der Waals surface area (Å²) >= 11 is 0. The number of aromatic carboxylic acids is 1. The third-order valence-corrected chi connectivity index (χ3v) is 3.88. The molecule has 2 atom stereocenters. The second-order valence-electron chi connectivity index (χ2n) is 5.37. The Morgan fingerprint density at radius 3 is 3.05 bits per heavy atom. The summed E-state index contributed by atoms with van der Waals surface area (Å²) in [5, 5.41) is 15.8. The number of hydrogen-bond acceptors (Lipinski definition) is 5. The lowest BCUT2D eigenvalue weighted by atomic mass is 9.87. The molecule has 0 unspecified atom stereocenters. The highest BCUT2D eigenvalue weighted by atomic mass is 19.3. The predicted molar refractivity (Wildman–Crippen MR) is 74.1 cm³/mol. The Labute approximate surface area is 124 Å². The normalized spacial score (nSPS) is 24.3. The number of fused-ring (bicyclic) bond motifs is 1. The number of carboxylic acid groups (broad SMARTS) is 1. The molecule has 7 nitrogen and oxygen atoms in total. The number of halogens is 2. The fourth-order valence-corrected chi connectivity index (χ4v) is 2.65. The number of carboxylic acids is 1. The van der Waals surface area contributed by atoms with Gasteiger partial charge in [-0.25, -0.2) is 23.1 Å². The molecular weight excluding hydrogens is 296 g/mol. The van der Waals surface area contributed by atoms with Crippen molar-refractivity contribution in [3.8, 4) is 0 Å². The van der Waals surface area contributed by atoms with E-state index in [4.69, 9.17) is 10.8 Å². The average Bonchev–Trinajstić information content (AvgIpc) is 2.87. The summed E-state index contributed by atoms with van der Waals surface area (Å²) in [5.41, 5.74) is 5.72. The first-order valence-electron chi connectivity index (χ1n) is 6.86. The summed E-state index contributed by atoms with van der Waals surface area (Å²) in [6, 6.07) is -0.372. The Balaban J connectivity index is 1.87. The van der Waals surface area contributed by atoms with Gasteiger partial charge >= 0.3 is 5.97 Å². The Morgan fingerprint density at radius 2 is 2.32 bits per heavy atom. The highest BCUT2D eigenvalue weighted by Crippen LogP contribution is 2.33. The summed E-state index contributed by atoms with van der Waals surface area (Å²) in [7, 11) is 0. The minimum Gasteiger partial charge on any atom is -0.477 e. The van der Waals surface area contributed by atoms with Crippen LogP contribution in [0, 0.1) is 0 Å². The minimum atomic E-state index is -2.91. The fraction of sp³-hybridized carbons (Fsp3) is 0.462. The van der Waals surface area contributed by atoms with E-state index >= 15 is 0 Å². The molecule has 4 N–H and O–H groups in total. The third-order valence-electron chi connectivity index (χ3n) is 3.88. The van der Waals surface area contributed by atoms with Crippen LogP contribution in [-0.4, -0.2) is 43.7 Å². The first kappa shape index (κ1) is 14.6. The van der Waals surface area contributed by atoms with Gasteiger partial charge in [-0.05, 0) is 18.9 Å². The Hall–Kier alpha value is -2.29. The lowest BCUT2D eigenvalue weighted by molar-refractivity contribution is -0.0554. The molecule has 0 radical (unpaired) electrons. The van der Waals surface area contributed by atoms with Crippen molar-refractivity contribution in [3.63, 3.8) is 0 Å². The zero-order valence-corrected chi connectivity index (χ0v) is 11.5. The van der Waals surface area contributed by atoms with Gasteiger partial charge in [-0.15, -0.1) is 0 Å². The highest BCUT2D eigenvalue weighted by molar-refractivity contribution is 5.94. The standard InChI is InChI=1S/C13H15F2N5O2/c14-13(15)4-1-2-8(10(13)16)18-9-3-5-20-11(19-9)7(6-17-20)12(21)22/h3,5-6,8,10H,1-2,4,16H2,(H,18,19)(H,21,22)/t8-,10-/m1/s1. The van der Waals surface area contributed by atoms with Crippen molar-refractivity contribution in [2.24, 2.45) is 5.73 Å². The number of anilines is 1. The molecule has 2 heterocycles. The molecular formula is C13H15F2N5O2. The van der Waals surface area contributed by atoms with Crippen molar-refractivity contribution in [2.75, 3.05) is 5.32 Å². The molecule has 2 aromatic rings. The van der Waals surface area contributed by atoms with E-state index in [1.165, 1.54) is 16.9 Å². The molecule has 0 aromatic carbocycles. The van der Waals surface area contributed by atoms with Gasteiger partial charge < -0.3 is 16.2 Å². The van der Waals surface area contributed by atoms with E-state index in [2.05, 4.69) is 15.4 Å². The van der Waals surface area contributed by atoms with Gasteiger partial charge in [0.1, 0.15) is 11.4 Å². The topological polar surface area (TPSA) is 106 Å². The van der Waals surface area contributed by atoms with Gasteiger partial charge in [-0.3, -0.25) is 0 Å². The highest BCUT2D eigenvalue weighted by Gasteiger charge is 2.44. The molecule has 1 fully saturated rings. The second-order valence-corrected chi connectivity index (χ2v) is 5.37. The smallest absolute Gasteiger partial charge is 0.341 e. The summed E-state index contributed by atoms with van der Waals surface area (Å²) in [4.78, 5) is 15.2. The molecule has 0 amide bonds. The molecule has 0 aliphatic heterocycles. The van der Waals surface area contributed by atoms with Crippen LogP contribution in [0.2, 0.25) is 0 Å². The van der Waals surface area contributed by atoms with Crippen LogP contribution in [0.5, 0.6) is 0 Å². The molecule has 1 aliphatic rings. The number of aromatic nitrogens is 3. The van der Waals surface area contributed by atoms with Crippen molar-refractivity contribution < 1.29 is 18.7 Å². The number of nitrogens with one attached hydrogen (secondary N) is 1. The molecule has 118 valence electrons. The van der Waals surface area contributed by atoms with E-state index in [0.29, 0.717) is 18.7 Å². The quantitative estimate of drug-likeness (QED) is 0.790. The molecule has 2 aromatic heterocycles. The molecule has 1 aliphatic carbocycles. The third kappa shape index (κ3) is 2.47. The molecule has 0 spiro atoms. The van der Waals surface area contributed by atoms with Crippen LogP contribution in [0.4, 0.5) is 14.6 Å².